The Hall–Kier alpha value is -2.86. The van der Waals surface area contributed by atoms with Crippen LogP contribution in [0.3, 0.4) is 0 Å². The molecule has 2 aliphatic rings. The molecule has 30 heavy (non-hydrogen) atoms. The van der Waals surface area contributed by atoms with Crippen LogP contribution in [0.4, 0.5) is 5.82 Å². The monoisotopic (exact) mass is 416 g/mol. The SMILES string of the molecule is Nc1cc(=O)nc(SCC2=NC3(CCCC3)Cc3ccccc32)n1-c1ccccc1. The molecular weight excluding hydrogens is 392 g/mol. The smallest absolute Gasteiger partial charge is 0.275 e. The topological polar surface area (TPSA) is 73.3 Å². The number of rotatable bonds is 4. The second-order valence-electron chi connectivity index (χ2n) is 8.09. The molecule has 0 unspecified atom stereocenters. The fraction of sp³-hybridized carbons (Fsp3) is 0.292. The summed E-state index contributed by atoms with van der Waals surface area (Å²) in [6.45, 7) is 0. The third kappa shape index (κ3) is 3.56. The maximum Gasteiger partial charge on any atom is 0.275 e. The molecule has 0 bridgehead atoms. The zero-order chi connectivity index (χ0) is 20.6. The number of nitrogens with two attached hydrogens (primary N) is 1. The van der Waals surface area contributed by atoms with Crippen LogP contribution in [0, 0.1) is 0 Å². The molecule has 2 aromatic carbocycles. The summed E-state index contributed by atoms with van der Waals surface area (Å²) >= 11 is 1.52. The number of nitrogen functional groups attached to an aromatic ring is 1. The number of hydrogen-bond acceptors (Lipinski definition) is 5. The average Bonchev–Trinajstić information content (AvgIpc) is 3.19. The van der Waals surface area contributed by atoms with E-state index >= 15 is 0 Å². The van der Waals surface area contributed by atoms with Gasteiger partial charge in [-0.15, -0.1) is 0 Å². The second kappa shape index (κ2) is 7.76. The van der Waals surface area contributed by atoms with Gasteiger partial charge in [0.15, 0.2) is 5.16 Å². The standard InChI is InChI=1S/C24H24N4OS/c25-21-14-22(29)26-23(28(21)18-9-2-1-3-10-18)30-16-20-19-11-5-4-8-17(19)15-24(27-20)12-6-7-13-24/h1-5,8-11,14H,6-7,12-13,15-16,25H2. The summed E-state index contributed by atoms with van der Waals surface area (Å²) in [5.41, 5.74) is 10.5. The van der Waals surface area contributed by atoms with Crippen molar-refractivity contribution in [3.8, 4) is 5.69 Å². The zero-order valence-corrected chi connectivity index (χ0v) is 17.6. The number of aliphatic imine (C=N–C) groups is 1. The van der Waals surface area contributed by atoms with Crippen molar-refractivity contribution in [2.45, 2.75) is 42.8 Å². The molecule has 1 spiro atoms. The molecular formula is C24H24N4OS. The number of para-hydroxylation sites is 1. The van der Waals surface area contributed by atoms with Crippen LogP contribution in [-0.4, -0.2) is 26.6 Å². The first-order valence-electron chi connectivity index (χ1n) is 10.4. The van der Waals surface area contributed by atoms with Gasteiger partial charge in [0.05, 0.1) is 11.3 Å². The van der Waals surface area contributed by atoms with E-state index in [1.54, 1.807) is 0 Å². The summed E-state index contributed by atoms with van der Waals surface area (Å²) in [6, 6.07) is 19.7. The highest BCUT2D eigenvalue weighted by Gasteiger charge is 2.37. The summed E-state index contributed by atoms with van der Waals surface area (Å²) in [5.74, 6) is 1.04. The van der Waals surface area contributed by atoms with Gasteiger partial charge in [0.1, 0.15) is 5.82 Å². The first kappa shape index (κ1) is 19.1. The Morgan fingerprint density at radius 2 is 1.77 bits per heavy atom. The normalized spacial score (nSPS) is 17.0. The van der Waals surface area contributed by atoms with Gasteiger partial charge in [0.25, 0.3) is 5.56 Å². The Kier molecular flexibility index (Phi) is 4.95. The highest BCUT2D eigenvalue weighted by molar-refractivity contribution is 7.99. The minimum Gasteiger partial charge on any atom is -0.385 e. The van der Waals surface area contributed by atoms with E-state index < -0.39 is 0 Å². The lowest BCUT2D eigenvalue weighted by atomic mass is 9.83. The highest BCUT2D eigenvalue weighted by Crippen LogP contribution is 2.40. The van der Waals surface area contributed by atoms with Gasteiger partial charge in [0, 0.05) is 17.5 Å². The predicted molar refractivity (Wildman–Crippen MR) is 123 cm³/mol. The van der Waals surface area contributed by atoms with Gasteiger partial charge >= 0.3 is 0 Å². The van der Waals surface area contributed by atoms with Gasteiger partial charge in [0.2, 0.25) is 0 Å². The number of fused-ring (bicyclic) bond motifs is 1. The number of hydrogen-bond donors (Lipinski definition) is 1. The van der Waals surface area contributed by atoms with E-state index in [0.717, 1.165) is 30.7 Å². The molecule has 0 radical (unpaired) electrons. The van der Waals surface area contributed by atoms with Gasteiger partial charge in [-0.1, -0.05) is 67.1 Å². The molecule has 0 atom stereocenters. The van der Waals surface area contributed by atoms with Crippen molar-refractivity contribution in [3.63, 3.8) is 0 Å². The maximum atomic E-state index is 12.1. The third-order valence-electron chi connectivity index (χ3n) is 6.03. The average molecular weight is 417 g/mol. The minimum absolute atomic E-state index is 0.0481. The van der Waals surface area contributed by atoms with E-state index in [0.29, 0.717) is 16.7 Å². The van der Waals surface area contributed by atoms with Crippen molar-refractivity contribution in [1.82, 2.24) is 9.55 Å². The molecule has 5 nitrogen and oxygen atoms in total. The second-order valence-corrected chi connectivity index (χ2v) is 9.03. The molecule has 2 heterocycles. The van der Waals surface area contributed by atoms with Crippen LogP contribution in [-0.2, 0) is 6.42 Å². The van der Waals surface area contributed by atoms with Gasteiger partial charge in [-0.05, 0) is 42.5 Å². The van der Waals surface area contributed by atoms with E-state index in [2.05, 4.69) is 29.2 Å². The summed E-state index contributed by atoms with van der Waals surface area (Å²) in [7, 11) is 0. The number of anilines is 1. The van der Waals surface area contributed by atoms with E-state index in [4.69, 9.17) is 10.7 Å². The zero-order valence-electron chi connectivity index (χ0n) is 16.8. The fourth-order valence-corrected chi connectivity index (χ4v) is 5.65. The molecule has 0 saturated heterocycles. The van der Waals surface area contributed by atoms with Gasteiger partial charge in [-0.2, -0.15) is 4.98 Å². The number of benzene rings is 2. The Bertz CT molecular complexity index is 1160. The Morgan fingerprint density at radius 3 is 2.57 bits per heavy atom. The molecule has 1 aliphatic heterocycles. The van der Waals surface area contributed by atoms with Gasteiger partial charge in [-0.25, -0.2) is 0 Å². The molecule has 1 aliphatic carbocycles. The minimum atomic E-state index is -0.319. The van der Waals surface area contributed by atoms with Crippen LogP contribution >= 0.6 is 11.8 Å². The fourth-order valence-electron chi connectivity index (χ4n) is 4.67. The summed E-state index contributed by atoms with van der Waals surface area (Å²) in [6.07, 6.45) is 5.83. The van der Waals surface area contributed by atoms with Crippen molar-refractivity contribution in [2.24, 2.45) is 4.99 Å². The molecule has 152 valence electrons. The van der Waals surface area contributed by atoms with Gasteiger partial charge < -0.3 is 5.73 Å². The van der Waals surface area contributed by atoms with Gasteiger partial charge in [-0.3, -0.25) is 14.4 Å². The van der Waals surface area contributed by atoms with E-state index in [9.17, 15) is 4.79 Å². The summed E-state index contributed by atoms with van der Waals surface area (Å²) < 4.78 is 1.84. The quantitative estimate of drug-likeness (QED) is 0.509. The van der Waals surface area contributed by atoms with E-state index in [-0.39, 0.29) is 11.1 Å². The van der Waals surface area contributed by atoms with Crippen molar-refractivity contribution in [3.05, 3.63) is 82.1 Å². The predicted octanol–water partition coefficient (Wildman–Crippen LogP) is 4.27. The Balaban J connectivity index is 1.52. The molecule has 1 saturated carbocycles. The largest absolute Gasteiger partial charge is 0.385 e. The van der Waals surface area contributed by atoms with Crippen molar-refractivity contribution < 1.29 is 0 Å². The summed E-state index contributed by atoms with van der Waals surface area (Å²) in [4.78, 5) is 21.6. The number of nitrogens with zero attached hydrogens (tertiary/aromatic N) is 3. The molecule has 0 amide bonds. The van der Waals surface area contributed by atoms with Crippen LogP contribution in [0.2, 0.25) is 0 Å². The molecule has 2 N–H and O–H groups in total. The molecule has 6 heteroatoms. The van der Waals surface area contributed by atoms with Crippen molar-refractivity contribution in [1.29, 1.82) is 0 Å². The lowest BCUT2D eigenvalue weighted by molar-refractivity contribution is 0.434. The van der Waals surface area contributed by atoms with Crippen molar-refractivity contribution in [2.75, 3.05) is 11.5 Å². The molecule has 1 aromatic heterocycles. The molecule has 5 rings (SSSR count). The Labute approximate surface area is 180 Å². The van der Waals surface area contributed by atoms with Crippen molar-refractivity contribution >= 4 is 23.3 Å². The van der Waals surface area contributed by atoms with Crippen LogP contribution in [0.1, 0.15) is 36.8 Å². The molecule has 1 fully saturated rings. The van der Waals surface area contributed by atoms with Crippen LogP contribution in [0.5, 0.6) is 0 Å². The molecule has 3 aromatic rings. The Morgan fingerprint density at radius 1 is 1.03 bits per heavy atom. The highest BCUT2D eigenvalue weighted by atomic mass is 32.2. The van der Waals surface area contributed by atoms with Crippen LogP contribution in [0.15, 0.2) is 75.6 Å². The van der Waals surface area contributed by atoms with Crippen LogP contribution in [0.25, 0.3) is 5.69 Å². The van der Waals surface area contributed by atoms with E-state index in [1.807, 2.05) is 34.9 Å². The summed E-state index contributed by atoms with van der Waals surface area (Å²) in [5, 5.41) is 0.595. The van der Waals surface area contributed by atoms with E-state index in [1.165, 1.54) is 41.8 Å². The number of thioether (sulfide) groups is 1. The first-order valence-corrected chi connectivity index (χ1v) is 11.4. The first-order chi connectivity index (χ1) is 14.6. The lowest BCUT2D eigenvalue weighted by Crippen LogP contribution is -2.33. The lowest BCUT2D eigenvalue weighted by Gasteiger charge is -2.32. The maximum absolute atomic E-state index is 12.1. The third-order valence-corrected chi connectivity index (χ3v) is 6.98. The number of aromatic nitrogens is 2. The van der Waals surface area contributed by atoms with Crippen LogP contribution < -0.4 is 11.3 Å².